The minimum Gasteiger partial charge on any atom is -0.331 e. The molecule has 0 aromatic carbocycles. The van der Waals surface area contributed by atoms with Crippen molar-refractivity contribution in [1.29, 1.82) is 0 Å². The van der Waals surface area contributed by atoms with Crippen LogP contribution in [0.25, 0.3) is 0 Å². The molecule has 0 saturated heterocycles. The molecular formula is C11H20N4O. The molecule has 5 nitrogen and oxygen atoms in total. The number of carbonyl (C=O) groups excluding carboxylic acids is 1. The fourth-order valence-electron chi connectivity index (χ4n) is 1.50. The first kappa shape index (κ1) is 12.7. The predicted molar refractivity (Wildman–Crippen MR) is 63.9 cm³/mol. The molecule has 0 aliphatic heterocycles. The van der Waals surface area contributed by atoms with Gasteiger partial charge in [-0.15, -0.1) is 0 Å². The molecule has 1 aromatic heterocycles. The van der Waals surface area contributed by atoms with Crippen LogP contribution in [-0.4, -0.2) is 22.4 Å². The number of amides is 1. The van der Waals surface area contributed by atoms with Gasteiger partial charge in [0.05, 0.1) is 0 Å². The first-order valence-electron chi connectivity index (χ1n) is 5.53. The molecule has 0 atom stereocenters. The molecule has 0 aliphatic carbocycles. The molecule has 0 saturated carbocycles. The summed E-state index contributed by atoms with van der Waals surface area (Å²) in [6, 6.07) is 0. The van der Waals surface area contributed by atoms with E-state index in [1.165, 1.54) is 0 Å². The van der Waals surface area contributed by atoms with Crippen LogP contribution >= 0.6 is 0 Å². The molecule has 0 fully saturated rings. The van der Waals surface area contributed by atoms with Crippen LogP contribution < -0.4 is 11.1 Å². The Morgan fingerprint density at radius 3 is 2.88 bits per heavy atom. The number of H-pyrrole nitrogens is 1. The molecular weight excluding hydrogens is 204 g/mol. The zero-order valence-electron chi connectivity index (χ0n) is 9.92. The Labute approximate surface area is 95.8 Å². The maximum absolute atomic E-state index is 11.6. The number of rotatable bonds is 6. The topological polar surface area (TPSA) is 83.8 Å². The van der Waals surface area contributed by atoms with Crippen molar-refractivity contribution in [3.63, 3.8) is 0 Å². The lowest BCUT2D eigenvalue weighted by atomic mass is 9.84. The Kier molecular flexibility index (Phi) is 4.49. The predicted octanol–water partition coefficient (Wildman–Crippen LogP) is 1.50. The molecule has 0 bridgehead atoms. The molecule has 1 aromatic rings. The maximum atomic E-state index is 11.6. The average Bonchev–Trinajstić information content (AvgIpc) is 2.68. The van der Waals surface area contributed by atoms with Gasteiger partial charge in [0.2, 0.25) is 11.9 Å². The van der Waals surface area contributed by atoms with Crippen LogP contribution in [0.3, 0.4) is 0 Å². The Hall–Kier alpha value is -1.36. The summed E-state index contributed by atoms with van der Waals surface area (Å²) in [5.74, 6) is 0.488. The van der Waals surface area contributed by atoms with Crippen molar-refractivity contribution >= 4 is 11.9 Å². The van der Waals surface area contributed by atoms with E-state index in [9.17, 15) is 4.79 Å². The second-order valence-corrected chi connectivity index (χ2v) is 4.69. The molecule has 5 heteroatoms. The maximum Gasteiger partial charge on any atom is 0.226 e. The fraction of sp³-hybridized carbons (Fsp3) is 0.636. The second kappa shape index (κ2) is 5.65. The van der Waals surface area contributed by atoms with E-state index in [-0.39, 0.29) is 11.3 Å². The lowest BCUT2D eigenvalue weighted by molar-refractivity contribution is -0.116. The van der Waals surface area contributed by atoms with Gasteiger partial charge in [0.25, 0.3) is 0 Å². The van der Waals surface area contributed by atoms with Gasteiger partial charge in [-0.2, -0.15) is 0 Å². The largest absolute Gasteiger partial charge is 0.331 e. The molecule has 1 heterocycles. The molecule has 0 aliphatic rings. The Morgan fingerprint density at radius 1 is 1.56 bits per heavy atom. The van der Waals surface area contributed by atoms with Crippen molar-refractivity contribution in [1.82, 2.24) is 9.97 Å². The quantitative estimate of drug-likeness (QED) is 0.684. The van der Waals surface area contributed by atoms with Gasteiger partial charge < -0.3 is 10.7 Å². The van der Waals surface area contributed by atoms with Crippen molar-refractivity contribution in [2.75, 3.05) is 11.9 Å². The molecule has 1 rings (SSSR count). The highest BCUT2D eigenvalue weighted by atomic mass is 16.1. The van der Waals surface area contributed by atoms with Crippen LogP contribution in [0.5, 0.6) is 0 Å². The van der Waals surface area contributed by atoms with Crippen molar-refractivity contribution in [2.45, 2.75) is 33.1 Å². The van der Waals surface area contributed by atoms with E-state index >= 15 is 0 Å². The normalized spacial score (nSPS) is 11.4. The van der Waals surface area contributed by atoms with Gasteiger partial charge in [0.15, 0.2) is 0 Å². The summed E-state index contributed by atoms with van der Waals surface area (Å²) < 4.78 is 0. The summed E-state index contributed by atoms with van der Waals surface area (Å²) >= 11 is 0. The van der Waals surface area contributed by atoms with Crippen molar-refractivity contribution < 1.29 is 4.79 Å². The third-order valence-electron chi connectivity index (χ3n) is 2.61. The Balaban J connectivity index is 2.30. The number of aromatic nitrogens is 2. The van der Waals surface area contributed by atoms with Gasteiger partial charge in [-0.25, -0.2) is 4.98 Å². The molecule has 16 heavy (non-hydrogen) atoms. The van der Waals surface area contributed by atoms with Crippen LogP contribution in [0, 0.1) is 5.41 Å². The van der Waals surface area contributed by atoms with Gasteiger partial charge >= 0.3 is 0 Å². The smallest absolute Gasteiger partial charge is 0.226 e. The van der Waals surface area contributed by atoms with Crippen LogP contribution in [0.15, 0.2) is 12.4 Å². The summed E-state index contributed by atoms with van der Waals surface area (Å²) in [4.78, 5) is 18.3. The number of nitrogens with zero attached hydrogens (tertiary/aromatic N) is 1. The summed E-state index contributed by atoms with van der Waals surface area (Å²) in [7, 11) is 0. The van der Waals surface area contributed by atoms with Crippen LogP contribution in [0.2, 0.25) is 0 Å². The average molecular weight is 224 g/mol. The standard InChI is InChI=1S/C11H20N4O/c1-11(2,5-6-12)4-3-9(16)15-10-13-7-8-14-10/h7-8H,3-6,12H2,1-2H3,(H2,13,14,15,16). The lowest BCUT2D eigenvalue weighted by Crippen LogP contribution is -2.21. The Morgan fingerprint density at radius 2 is 2.31 bits per heavy atom. The number of hydrogen-bond acceptors (Lipinski definition) is 3. The second-order valence-electron chi connectivity index (χ2n) is 4.69. The summed E-state index contributed by atoms with van der Waals surface area (Å²) in [6.07, 6.45) is 5.54. The highest BCUT2D eigenvalue weighted by Gasteiger charge is 2.18. The minimum atomic E-state index is -0.0138. The SMILES string of the molecule is CC(C)(CCN)CCC(=O)Nc1ncc[nH]1. The Bertz CT molecular complexity index is 319. The molecule has 0 radical (unpaired) electrons. The van der Waals surface area contributed by atoms with Gasteiger partial charge in [-0.3, -0.25) is 10.1 Å². The number of anilines is 1. The van der Waals surface area contributed by atoms with Crippen molar-refractivity contribution in [2.24, 2.45) is 11.1 Å². The monoisotopic (exact) mass is 224 g/mol. The van der Waals surface area contributed by atoms with Crippen LogP contribution in [-0.2, 0) is 4.79 Å². The molecule has 90 valence electrons. The zero-order chi connectivity index (χ0) is 12.0. The van der Waals surface area contributed by atoms with E-state index < -0.39 is 0 Å². The number of carbonyl (C=O) groups is 1. The first-order valence-corrected chi connectivity index (χ1v) is 5.53. The third-order valence-corrected chi connectivity index (χ3v) is 2.61. The number of aromatic amines is 1. The zero-order valence-corrected chi connectivity index (χ0v) is 9.92. The van der Waals surface area contributed by atoms with Gasteiger partial charge in [0, 0.05) is 18.8 Å². The van der Waals surface area contributed by atoms with Crippen LogP contribution in [0.4, 0.5) is 5.95 Å². The molecule has 1 amide bonds. The number of nitrogens with two attached hydrogens (primary N) is 1. The molecule has 4 N–H and O–H groups in total. The third kappa shape index (κ3) is 4.44. The highest BCUT2D eigenvalue weighted by Crippen LogP contribution is 2.25. The van der Waals surface area contributed by atoms with E-state index in [1.807, 2.05) is 0 Å². The lowest BCUT2D eigenvalue weighted by Gasteiger charge is -2.23. The van der Waals surface area contributed by atoms with Crippen molar-refractivity contribution in [3.05, 3.63) is 12.4 Å². The molecule has 0 unspecified atom stereocenters. The summed E-state index contributed by atoms with van der Waals surface area (Å²) in [5.41, 5.74) is 5.64. The summed E-state index contributed by atoms with van der Waals surface area (Å²) in [6.45, 7) is 4.91. The van der Waals surface area contributed by atoms with Gasteiger partial charge in [0.1, 0.15) is 0 Å². The van der Waals surface area contributed by atoms with Gasteiger partial charge in [-0.05, 0) is 24.8 Å². The number of imidazole rings is 1. The van der Waals surface area contributed by atoms with E-state index in [0.717, 1.165) is 12.8 Å². The first-order chi connectivity index (χ1) is 7.53. The highest BCUT2D eigenvalue weighted by molar-refractivity contribution is 5.88. The van der Waals surface area contributed by atoms with E-state index in [4.69, 9.17) is 5.73 Å². The minimum absolute atomic E-state index is 0.0138. The number of nitrogens with one attached hydrogen (secondary N) is 2. The van der Waals surface area contributed by atoms with Gasteiger partial charge in [-0.1, -0.05) is 13.8 Å². The van der Waals surface area contributed by atoms with E-state index in [2.05, 4.69) is 29.1 Å². The van der Waals surface area contributed by atoms with E-state index in [1.54, 1.807) is 12.4 Å². The van der Waals surface area contributed by atoms with Crippen molar-refractivity contribution in [3.8, 4) is 0 Å². The fourth-order valence-corrected chi connectivity index (χ4v) is 1.50. The summed E-state index contributed by atoms with van der Waals surface area (Å²) in [5, 5.41) is 2.70. The number of hydrogen-bond donors (Lipinski definition) is 3. The van der Waals surface area contributed by atoms with Crippen LogP contribution in [0.1, 0.15) is 33.1 Å². The molecule has 0 spiro atoms. The van der Waals surface area contributed by atoms with E-state index in [0.29, 0.717) is 18.9 Å².